The summed E-state index contributed by atoms with van der Waals surface area (Å²) in [5.74, 6) is 0.785. The summed E-state index contributed by atoms with van der Waals surface area (Å²) in [6.07, 6.45) is 3.64. The lowest BCUT2D eigenvalue weighted by atomic mass is 10.1. The minimum Gasteiger partial charge on any atom is -0.391 e. The minimum absolute atomic E-state index is 0.519. The van der Waals surface area contributed by atoms with Gasteiger partial charge in [0.25, 0.3) is 0 Å². The molecule has 108 valence electrons. The van der Waals surface area contributed by atoms with E-state index >= 15 is 0 Å². The second-order valence-corrected chi connectivity index (χ2v) is 6.37. The first kappa shape index (κ1) is 14.3. The quantitative estimate of drug-likeness (QED) is 0.523. The maximum Gasteiger partial charge on any atom is 0.142 e. The molecule has 0 bridgehead atoms. The van der Waals surface area contributed by atoms with E-state index in [-0.39, 0.29) is 0 Å². The number of rotatable bonds is 6. The molecule has 0 spiro atoms. The zero-order chi connectivity index (χ0) is 14.5. The predicted octanol–water partition coefficient (Wildman–Crippen LogP) is 5.17. The van der Waals surface area contributed by atoms with Gasteiger partial charge in [-0.3, -0.25) is 0 Å². The van der Waals surface area contributed by atoms with Crippen molar-refractivity contribution in [1.82, 2.24) is 0 Å². The lowest BCUT2D eigenvalue weighted by Gasteiger charge is -2.07. The van der Waals surface area contributed by atoms with Crippen LogP contribution in [-0.2, 0) is 11.4 Å². The van der Waals surface area contributed by atoms with Gasteiger partial charge >= 0.3 is 0 Å². The van der Waals surface area contributed by atoms with Crippen molar-refractivity contribution in [3.05, 3.63) is 70.2 Å². The molecule has 3 rings (SSSR count). The molecule has 2 aromatic carbocycles. The van der Waals surface area contributed by atoms with Crippen molar-refractivity contribution in [3.63, 3.8) is 0 Å². The third kappa shape index (κ3) is 4.43. The molecule has 1 fully saturated rings. The van der Waals surface area contributed by atoms with Crippen LogP contribution in [0, 0.1) is 5.92 Å². The second-order valence-electron chi connectivity index (χ2n) is 5.45. The van der Waals surface area contributed by atoms with Gasteiger partial charge in [-0.25, -0.2) is 0 Å². The van der Waals surface area contributed by atoms with Crippen LogP contribution in [0.2, 0.25) is 0 Å². The Morgan fingerprint density at radius 2 is 1.76 bits per heavy atom. The molecule has 21 heavy (non-hydrogen) atoms. The van der Waals surface area contributed by atoms with Crippen LogP contribution in [0.15, 0.2) is 64.2 Å². The Kier molecular flexibility index (Phi) is 4.71. The number of oxime groups is 1. The Morgan fingerprint density at radius 3 is 2.43 bits per heavy atom. The monoisotopic (exact) mass is 343 g/mol. The molecule has 0 saturated heterocycles. The summed E-state index contributed by atoms with van der Waals surface area (Å²) in [6.45, 7) is 0.519. The molecule has 3 heteroatoms. The summed E-state index contributed by atoms with van der Waals surface area (Å²) in [4.78, 5) is 5.57. The first-order valence-electron chi connectivity index (χ1n) is 7.30. The molecule has 0 aromatic heterocycles. The van der Waals surface area contributed by atoms with Crippen LogP contribution in [0.5, 0.6) is 0 Å². The van der Waals surface area contributed by atoms with Gasteiger partial charge in [0.15, 0.2) is 0 Å². The van der Waals surface area contributed by atoms with Gasteiger partial charge in [-0.05, 0) is 48.4 Å². The van der Waals surface area contributed by atoms with Gasteiger partial charge in [0, 0.05) is 4.47 Å². The number of hydrogen-bond acceptors (Lipinski definition) is 2. The summed E-state index contributed by atoms with van der Waals surface area (Å²) in [6, 6.07) is 18.4. The molecule has 0 radical (unpaired) electrons. The summed E-state index contributed by atoms with van der Waals surface area (Å²) >= 11 is 3.47. The highest BCUT2D eigenvalue weighted by Gasteiger charge is 2.24. The van der Waals surface area contributed by atoms with Gasteiger partial charge in [-0.2, -0.15) is 0 Å². The van der Waals surface area contributed by atoms with E-state index in [9.17, 15) is 0 Å². The summed E-state index contributed by atoms with van der Waals surface area (Å²) < 4.78 is 1.09. The highest BCUT2D eigenvalue weighted by molar-refractivity contribution is 9.10. The topological polar surface area (TPSA) is 21.6 Å². The van der Waals surface area contributed by atoms with E-state index in [1.165, 1.54) is 12.8 Å². The van der Waals surface area contributed by atoms with Crippen molar-refractivity contribution < 1.29 is 4.84 Å². The van der Waals surface area contributed by atoms with Crippen LogP contribution in [0.25, 0.3) is 0 Å². The molecular formula is C18H18BrNO. The zero-order valence-corrected chi connectivity index (χ0v) is 13.4. The van der Waals surface area contributed by atoms with Crippen LogP contribution in [-0.4, -0.2) is 5.71 Å². The van der Waals surface area contributed by atoms with Crippen LogP contribution in [0.1, 0.15) is 30.4 Å². The SMILES string of the molecule is Brc1ccc(/C(CC2CC2)=N/OCc2ccccc2)cc1. The fourth-order valence-electron chi connectivity index (χ4n) is 2.20. The molecule has 1 aliphatic carbocycles. The predicted molar refractivity (Wildman–Crippen MR) is 89.3 cm³/mol. The number of hydrogen-bond donors (Lipinski definition) is 0. The fraction of sp³-hybridized carbons (Fsp3) is 0.278. The third-order valence-electron chi connectivity index (χ3n) is 3.61. The molecule has 2 aromatic rings. The Morgan fingerprint density at radius 1 is 1.05 bits per heavy atom. The van der Waals surface area contributed by atoms with Gasteiger partial charge in [0.1, 0.15) is 6.61 Å². The standard InChI is InChI=1S/C18H18BrNO/c19-17-10-8-16(9-11-17)18(12-14-6-7-14)20-21-13-15-4-2-1-3-5-15/h1-5,8-11,14H,6-7,12-13H2/b20-18+. The zero-order valence-electron chi connectivity index (χ0n) is 11.8. The summed E-state index contributed by atoms with van der Waals surface area (Å²) in [5.41, 5.74) is 3.35. The maximum absolute atomic E-state index is 5.57. The molecule has 0 aliphatic heterocycles. The Balaban J connectivity index is 1.69. The average Bonchev–Trinajstić information content (AvgIpc) is 3.32. The molecule has 1 saturated carbocycles. The molecule has 0 heterocycles. The lowest BCUT2D eigenvalue weighted by Crippen LogP contribution is -2.03. The number of benzene rings is 2. The molecule has 0 unspecified atom stereocenters. The van der Waals surface area contributed by atoms with Crippen LogP contribution < -0.4 is 0 Å². The smallest absolute Gasteiger partial charge is 0.142 e. The van der Waals surface area contributed by atoms with Crippen molar-refractivity contribution in [1.29, 1.82) is 0 Å². The first-order valence-corrected chi connectivity index (χ1v) is 8.09. The highest BCUT2D eigenvalue weighted by atomic mass is 79.9. The molecule has 0 N–H and O–H groups in total. The maximum atomic E-state index is 5.57. The van der Waals surface area contributed by atoms with Gasteiger partial charge in [0.05, 0.1) is 5.71 Å². The number of nitrogens with zero attached hydrogens (tertiary/aromatic N) is 1. The Labute approximate surface area is 134 Å². The van der Waals surface area contributed by atoms with Gasteiger partial charge in [-0.15, -0.1) is 0 Å². The highest BCUT2D eigenvalue weighted by Crippen LogP contribution is 2.34. The van der Waals surface area contributed by atoms with E-state index in [0.29, 0.717) is 6.61 Å². The normalized spacial score (nSPS) is 15.0. The van der Waals surface area contributed by atoms with E-state index in [1.807, 2.05) is 18.2 Å². The van der Waals surface area contributed by atoms with Crippen molar-refractivity contribution in [2.75, 3.05) is 0 Å². The third-order valence-corrected chi connectivity index (χ3v) is 4.13. The largest absolute Gasteiger partial charge is 0.391 e. The van der Waals surface area contributed by atoms with Crippen molar-refractivity contribution in [2.45, 2.75) is 25.9 Å². The van der Waals surface area contributed by atoms with E-state index < -0.39 is 0 Å². The van der Waals surface area contributed by atoms with Gasteiger partial charge in [0.2, 0.25) is 0 Å². The van der Waals surface area contributed by atoms with E-state index in [2.05, 4.69) is 57.5 Å². The van der Waals surface area contributed by atoms with Crippen molar-refractivity contribution in [3.8, 4) is 0 Å². The minimum atomic E-state index is 0.519. The van der Waals surface area contributed by atoms with E-state index in [0.717, 1.165) is 33.7 Å². The van der Waals surface area contributed by atoms with E-state index in [1.54, 1.807) is 0 Å². The number of halogens is 1. The summed E-state index contributed by atoms with van der Waals surface area (Å²) in [5, 5.41) is 4.40. The second kappa shape index (κ2) is 6.90. The fourth-order valence-corrected chi connectivity index (χ4v) is 2.47. The van der Waals surface area contributed by atoms with Crippen LogP contribution >= 0.6 is 15.9 Å². The molecule has 1 aliphatic rings. The van der Waals surface area contributed by atoms with Crippen molar-refractivity contribution in [2.24, 2.45) is 11.1 Å². The van der Waals surface area contributed by atoms with Crippen molar-refractivity contribution >= 4 is 21.6 Å². The first-order chi connectivity index (χ1) is 10.3. The summed E-state index contributed by atoms with van der Waals surface area (Å²) in [7, 11) is 0. The Bertz CT molecular complexity index is 603. The van der Waals surface area contributed by atoms with Crippen LogP contribution in [0.3, 0.4) is 0 Å². The molecule has 0 amide bonds. The molecule has 2 nitrogen and oxygen atoms in total. The lowest BCUT2D eigenvalue weighted by molar-refractivity contribution is 0.130. The van der Waals surface area contributed by atoms with Crippen LogP contribution in [0.4, 0.5) is 0 Å². The Hall–Kier alpha value is -1.61. The molecular weight excluding hydrogens is 326 g/mol. The van der Waals surface area contributed by atoms with Gasteiger partial charge < -0.3 is 4.84 Å². The average molecular weight is 344 g/mol. The van der Waals surface area contributed by atoms with Gasteiger partial charge in [-0.1, -0.05) is 63.6 Å². The molecule has 0 atom stereocenters. The van der Waals surface area contributed by atoms with E-state index in [4.69, 9.17) is 4.84 Å².